The standard InChI is InChI=1S/C13H21N7O2/c1-7(2)6-8(14)10(21)13(20-15-3)18-11-9(12(22)19-13)16-4-5-17-11/h4-5,7-8,15,20H,6,14H2,1-3H3,(H,17,18)(H,19,22)/t8-,13?/m0/s1. The molecule has 22 heavy (non-hydrogen) atoms. The van der Waals surface area contributed by atoms with E-state index in [4.69, 9.17) is 5.73 Å². The predicted molar refractivity (Wildman–Crippen MR) is 80.5 cm³/mol. The van der Waals surface area contributed by atoms with Crippen LogP contribution in [0.25, 0.3) is 0 Å². The molecular formula is C13H21N7O2. The number of hydrazine groups is 1. The summed E-state index contributed by atoms with van der Waals surface area (Å²) in [5.41, 5.74) is 11.5. The van der Waals surface area contributed by atoms with E-state index < -0.39 is 17.7 Å². The van der Waals surface area contributed by atoms with Crippen LogP contribution in [0.3, 0.4) is 0 Å². The molecule has 1 unspecified atom stereocenters. The minimum absolute atomic E-state index is 0.126. The number of Topliss-reactive ketones (excluding diaryl/α,β-unsaturated/α-hetero) is 1. The van der Waals surface area contributed by atoms with Gasteiger partial charge >= 0.3 is 0 Å². The van der Waals surface area contributed by atoms with E-state index >= 15 is 0 Å². The van der Waals surface area contributed by atoms with Crippen LogP contribution in [0.4, 0.5) is 5.82 Å². The summed E-state index contributed by atoms with van der Waals surface area (Å²) in [5, 5.41) is 5.47. The molecule has 1 aliphatic heterocycles. The summed E-state index contributed by atoms with van der Waals surface area (Å²) in [4.78, 5) is 33.0. The molecule has 1 aromatic heterocycles. The molecule has 0 spiro atoms. The van der Waals surface area contributed by atoms with Gasteiger partial charge in [-0.1, -0.05) is 13.8 Å². The van der Waals surface area contributed by atoms with Gasteiger partial charge in [0, 0.05) is 12.4 Å². The first kappa shape index (κ1) is 16.3. The zero-order valence-electron chi connectivity index (χ0n) is 12.8. The van der Waals surface area contributed by atoms with Gasteiger partial charge in [0.2, 0.25) is 11.6 Å². The molecule has 0 aromatic carbocycles. The van der Waals surface area contributed by atoms with Gasteiger partial charge in [-0.15, -0.1) is 0 Å². The highest BCUT2D eigenvalue weighted by Gasteiger charge is 2.47. The fraction of sp³-hybridized carbons (Fsp3) is 0.538. The molecule has 0 fully saturated rings. The van der Waals surface area contributed by atoms with Crippen LogP contribution in [0.2, 0.25) is 0 Å². The maximum Gasteiger partial charge on any atom is 0.276 e. The molecule has 9 nitrogen and oxygen atoms in total. The van der Waals surface area contributed by atoms with Crippen molar-refractivity contribution in [2.24, 2.45) is 11.7 Å². The van der Waals surface area contributed by atoms with Gasteiger partial charge < -0.3 is 16.4 Å². The fourth-order valence-electron chi connectivity index (χ4n) is 2.36. The first-order valence-electron chi connectivity index (χ1n) is 7.05. The van der Waals surface area contributed by atoms with Crippen LogP contribution >= 0.6 is 0 Å². The molecule has 2 heterocycles. The second-order valence-electron chi connectivity index (χ2n) is 5.56. The van der Waals surface area contributed by atoms with Gasteiger partial charge in [0.05, 0.1) is 6.04 Å². The minimum atomic E-state index is -1.57. The van der Waals surface area contributed by atoms with Crippen LogP contribution in [0.15, 0.2) is 12.4 Å². The van der Waals surface area contributed by atoms with Gasteiger partial charge in [0.25, 0.3) is 5.91 Å². The summed E-state index contributed by atoms with van der Waals surface area (Å²) in [7, 11) is 1.59. The van der Waals surface area contributed by atoms with Crippen molar-refractivity contribution in [1.29, 1.82) is 0 Å². The maximum atomic E-state index is 12.7. The van der Waals surface area contributed by atoms with Gasteiger partial charge in [-0.25, -0.2) is 15.4 Å². The lowest BCUT2D eigenvalue weighted by Crippen LogP contribution is -2.75. The molecule has 0 radical (unpaired) electrons. The van der Waals surface area contributed by atoms with Crippen molar-refractivity contribution in [2.75, 3.05) is 12.4 Å². The van der Waals surface area contributed by atoms with Crippen LogP contribution < -0.4 is 27.2 Å². The monoisotopic (exact) mass is 307 g/mol. The zero-order chi connectivity index (χ0) is 16.3. The number of anilines is 1. The number of carbonyl (C=O) groups is 2. The van der Waals surface area contributed by atoms with Crippen molar-refractivity contribution in [2.45, 2.75) is 32.1 Å². The third-order valence-corrected chi connectivity index (χ3v) is 3.26. The van der Waals surface area contributed by atoms with Gasteiger partial charge in [-0.05, 0) is 19.4 Å². The fourth-order valence-corrected chi connectivity index (χ4v) is 2.36. The molecule has 0 saturated heterocycles. The maximum absolute atomic E-state index is 12.7. The summed E-state index contributed by atoms with van der Waals surface area (Å²) in [6.07, 6.45) is 3.34. The average molecular weight is 307 g/mol. The lowest BCUT2D eigenvalue weighted by Gasteiger charge is -2.39. The van der Waals surface area contributed by atoms with Crippen molar-refractivity contribution in [3.8, 4) is 0 Å². The Balaban J connectivity index is 2.34. The Morgan fingerprint density at radius 2 is 2.05 bits per heavy atom. The molecule has 0 bridgehead atoms. The normalized spacial score (nSPS) is 21.8. The molecule has 6 N–H and O–H groups in total. The molecule has 9 heteroatoms. The Kier molecular flexibility index (Phi) is 4.69. The number of amides is 1. The van der Waals surface area contributed by atoms with E-state index in [9.17, 15) is 9.59 Å². The molecule has 2 rings (SSSR count). The summed E-state index contributed by atoms with van der Waals surface area (Å²) in [6.45, 7) is 3.94. The second kappa shape index (κ2) is 6.34. The van der Waals surface area contributed by atoms with E-state index in [1.807, 2.05) is 13.8 Å². The number of nitrogens with one attached hydrogen (secondary N) is 4. The molecular weight excluding hydrogens is 286 g/mol. The molecule has 1 aliphatic rings. The number of nitrogens with zero attached hydrogens (tertiary/aromatic N) is 2. The average Bonchev–Trinajstić information content (AvgIpc) is 2.46. The van der Waals surface area contributed by atoms with Crippen molar-refractivity contribution in [1.82, 2.24) is 26.1 Å². The van der Waals surface area contributed by atoms with Gasteiger partial charge in [-0.2, -0.15) is 0 Å². The Bertz CT molecular complexity index is 577. The minimum Gasteiger partial charge on any atom is -0.326 e. The highest BCUT2D eigenvalue weighted by atomic mass is 16.2. The summed E-state index contributed by atoms with van der Waals surface area (Å²) < 4.78 is 0. The van der Waals surface area contributed by atoms with Gasteiger partial charge in [-0.3, -0.25) is 15.0 Å². The largest absolute Gasteiger partial charge is 0.326 e. The smallest absolute Gasteiger partial charge is 0.276 e. The third kappa shape index (κ3) is 3.06. The van der Waals surface area contributed by atoms with E-state index in [1.54, 1.807) is 7.05 Å². The number of fused-ring (bicyclic) bond motifs is 1. The van der Waals surface area contributed by atoms with Gasteiger partial charge in [0.15, 0.2) is 11.5 Å². The molecule has 2 atom stereocenters. The first-order valence-corrected chi connectivity index (χ1v) is 7.05. The second-order valence-corrected chi connectivity index (χ2v) is 5.56. The third-order valence-electron chi connectivity index (χ3n) is 3.26. The number of rotatable bonds is 6. The Labute approximate surface area is 128 Å². The van der Waals surface area contributed by atoms with E-state index in [1.165, 1.54) is 12.4 Å². The summed E-state index contributed by atoms with van der Waals surface area (Å²) >= 11 is 0. The molecule has 1 aromatic rings. The number of hydrogen-bond acceptors (Lipinski definition) is 8. The van der Waals surface area contributed by atoms with Crippen LogP contribution in [0, 0.1) is 5.92 Å². The number of nitrogens with two attached hydrogens (primary N) is 1. The van der Waals surface area contributed by atoms with Gasteiger partial charge in [0.1, 0.15) is 0 Å². The topological polar surface area (TPSA) is 134 Å². The highest BCUT2D eigenvalue weighted by molar-refractivity contribution is 6.06. The Hall–Kier alpha value is -2.10. The van der Waals surface area contributed by atoms with Crippen molar-refractivity contribution < 1.29 is 9.59 Å². The summed E-state index contributed by atoms with van der Waals surface area (Å²) in [6, 6.07) is -0.744. The van der Waals surface area contributed by atoms with Crippen LogP contribution in [-0.2, 0) is 4.79 Å². The van der Waals surface area contributed by atoms with Crippen molar-refractivity contribution in [3.05, 3.63) is 18.1 Å². The van der Waals surface area contributed by atoms with Crippen molar-refractivity contribution in [3.63, 3.8) is 0 Å². The van der Waals surface area contributed by atoms with Crippen molar-refractivity contribution >= 4 is 17.5 Å². The number of hydrogen-bond donors (Lipinski definition) is 5. The number of aromatic nitrogens is 2. The van der Waals surface area contributed by atoms with Crippen LogP contribution in [-0.4, -0.2) is 40.5 Å². The number of ketones is 1. The molecule has 0 saturated carbocycles. The lowest BCUT2D eigenvalue weighted by atomic mass is 9.96. The Morgan fingerprint density at radius 3 is 2.68 bits per heavy atom. The lowest BCUT2D eigenvalue weighted by molar-refractivity contribution is -0.127. The number of carbonyl (C=O) groups excluding carboxylic acids is 2. The van der Waals surface area contributed by atoms with Crippen LogP contribution in [0.5, 0.6) is 0 Å². The van der Waals surface area contributed by atoms with E-state index in [-0.39, 0.29) is 23.2 Å². The Morgan fingerprint density at radius 1 is 1.36 bits per heavy atom. The van der Waals surface area contributed by atoms with E-state index in [0.29, 0.717) is 6.42 Å². The highest BCUT2D eigenvalue weighted by Crippen LogP contribution is 2.21. The summed E-state index contributed by atoms with van der Waals surface area (Å²) in [5.74, 6) is -1.99. The molecule has 120 valence electrons. The zero-order valence-corrected chi connectivity index (χ0v) is 12.8. The van der Waals surface area contributed by atoms with E-state index in [2.05, 4.69) is 31.5 Å². The first-order chi connectivity index (χ1) is 10.4. The molecule has 0 aliphatic carbocycles. The SMILES string of the molecule is CNNC1(C(=O)[C@@H](N)CC(C)C)NC(=O)c2nccnc2N1. The van der Waals surface area contributed by atoms with Crippen LogP contribution in [0.1, 0.15) is 30.8 Å². The predicted octanol–water partition coefficient (Wildman–Crippen LogP) is -1.05. The van der Waals surface area contributed by atoms with E-state index in [0.717, 1.165) is 0 Å². The quantitative estimate of drug-likeness (QED) is 0.420. The molecule has 1 amide bonds.